The van der Waals surface area contributed by atoms with E-state index in [-0.39, 0.29) is 11.7 Å². The molecule has 0 saturated heterocycles. The van der Waals surface area contributed by atoms with E-state index < -0.39 is 11.6 Å². The second kappa shape index (κ2) is 6.59. The number of carbonyl (C=O) groups excluding carboxylic acids is 1. The molecular weight excluding hydrogens is 337 g/mol. The minimum atomic E-state index is -0.597. The Morgan fingerprint density at radius 3 is 2.38 bits per heavy atom. The van der Waals surface area contributed by atoms with Gasteiger partial charge in [-0.3, -0.25) is 0 Å². The average molecular weight is 355 g/mol. The van der Waals surface area contributed by atoms with Gasteiger partial charge in [-0.15, -0.1) is 0 Å². The van der Waals surface area contributed by atoms with E-state index in [0.29, 0.717) is 22.5 Å². The van der Waals surface area contributed by atoms with Gasteiger partial charge in [0.2, 0.25) is 5.88 Å². The van der Waals surface area contributed by atoms with Crippen LogP contribution < -0.4 is 0 Å². The molecule has 0 aliphatic heterocycles. The molecule has 3 rings (SSSR count). The Kier molecular flexibility index (Phi) is 4.46. The van der Waals surface area contributed by atoms with Gasteiger partial charge in [0.25, 0.3) is 0 Å². The minimum absolute atomic E-state index is 0.130. The number of hydrogen-bond acceptors (Lipinski definition) is 5. The monoisotopic (exact) mass is 355 g/mol. The zero-order valence-electron chi connectivity index (χ0n) is 14.6. The Balaban J connectivity index is 1.86. The standard InChI is InChI=1S/C19H18FN3O3/c1-19(2,3)26-18(25)13-6-9-16(21-10-13)23-17(24)15(11-22-23)12-4-7-14(20)8-5-12/h4-11,24H,1-3H3. The lowest BCUT2D eigenvalue weighted by Gasteiger charge is -2.19. The molecule has 1 aromatic carbocycles. The van der Waals surface area contributed by atoms with E-state index >= 15 is 0 Å². The average Bonchev–Trinajstić information content (AvgIpc) is 2.96. The molecule has 6 nitrogen and oxygen atoms in total. The van der Waals surface area contributed by atoms with Crippen molar-refractivity contribution in [3.63, 3.8) is 0 Å². The van der Waals surface area contributed by atoms with Crippen LogP contribution >= 0.6 is 0 Å². The summed E-state index contributed by atoms with van der Waals surface area (Å²) in [6.45, 7) is 5.35. The first kappa shape index (κ1) is 17.6. The number of halogens is 1. The Morgan fingerprint density at radius 2 is 1.81 bits per heavy atom. The number of ether oxygens (including phenoxy) is 1. The maximum atomic E-state index is 13.0. The van der Waals surface area contributed by atoms with Crippen molar-refractivity contribution >= 4 is 5.97 Å². The molecule has 2 heterocycles. The maximum absolute atomic E-state index is 13.0. The van der Waals surface area contributed by atoms with Crippen LogP contribution in [0.1, 0.15) is 31.1 Å². The van der Waals surface area contributed by atoms with Crippen LogP contribution in [0, 0.1) is 5.82 Å². The topological polar surface area (TPSA) is 77.2 Å². The summed E-state index contributed by atoms with van der Waals surface area (Å²) in [7, 11) is 0. The molecule has 1 N–H and O–H groups in total. The van der Waals surface area contributed by atoms with Crippen LogP contribution in [-0.4, -0.2) is 31.4 Å². The SMILES string of the molecule is CC(C)(C)OC(=O)c1ccc(-n2ncc(-c3ccc(F)cc3)c2O)nc1. The first-order valence-electron chi connectivity index (χ1n) is 7.97. The van der Waals surface area contributed by atoms with Crippen molar-refractivity contribution in [2.75, 3.05) is 0 Å². The summed E-state index contributed by atoms with van der Waals surface area (Å²) < 4.78 is 19.6. The van der Waals surface area contributed by atoms with Crippen LogP contribution in [0.4, 0.5) is 4.39 Å². The second-order valence-electron chi connectivity index (χ2n) is 6.71. The molecule has 0 amide bonds. The third kappa shape index (κ3) is 3.72. The Morgan fingerprint density at radius 1 is 1.12 bits per heavy atom. The Labute approximate surface area is 149 Å². The summed E-state index contributed by atoms with van der Waals surface area (Å²) in [6.07, 6.45) is 2.83. The first-order valence-corrected chi connectivity index (χ1v) is 7.97. The molecule has 0 radical (unpaired) electrons. The quantitative estimate of drug-likeness (QED) is 0.724. The number of aromatic nitrogens is 3. The lowest BCUT2D eigenvalue weighted by Crippen LogP contribution is -2.24. The molecule has 26 heavy (non-hydrogen) atoms. The molecule has 0 fully saturated rings. The molecule has 0 aliphatic carbocycles. The predicted molar refractivity (Wildman–Crippen MR) is 93.6 cm³/mol. The lowest BCUT2D eigenvalue weighted by molar-refractivity contribution is 0.00691. The molecule has 0 atom stereocenters. The van der Waals surface area contributed by atoms with Crippen LogP contribution in [0.3, 0.4) is 0 Å². The molecule has 0 aliphatic rings. The minimum Gasteiger partial charge on any atom is -0.493 e. The molecule has 0 saturated carbocycles. The highest BCUT2D eigenvalue weighted by Crippen LogP contribution is 2.30. The second-order valence-corrected chi connectivity index (χ2v) is 6.71. The zero-order valence-corrected chi connectivity index (χ0v) is 14.6. The normalized spacial score (nSPS) is 11.4. The summed E-state index contributed by atoms with van der Waals surface area (Å²) >= 11 is 0. The third-order valence-corrected chi connectivity index (χ3v) is 3.50. The summed E-state index contributed by atoms with van der Waals surface area (Å²) in [5, 5.41) is 14.5. The van der Waals surface area contributed by atoms with E-state index in [2.05, 4.69) is 10.1 Å². The molecular formula is C19H18FN3O3. The molecule has 0 unspecified atom stereocenters. The van der Waals surface area contributed by atoms with Crippen molar-refractivity contribution in [3.05, 3.63) is 60.2 Å². The highest BCUT2D eigenvalue weighted by atomic mass is 19.1. The van der Waals surface area contributed by atoms with Gasteiger partial charge >= 0.3 is 5.97 Å². The Hall–Kier alpha value is -3.22. The number of nitrogens with zero attached hydrogens (tertiary/aromatic N) is 3. The van der Waals surface area contributed by atoms with Crippen molar-refractivity contribution < 1.29 is 19.0 Å². The van der Waals surface area contributed by atoms with Crippen LogP contribution in [0.25, 0.3) is 16.9 Å². The van der Waals surface area contributed by atoms with Crippen LogP contribution in [0.2, 0.25) is 0 Å². The van der Waals surface area contributed by atoms with Gasteiger partial charge in [-0.25, -0.2) is 14.2 Å². The molecule has 7 heteroatoms. The Bertz CT molecular complexity index is 926. The number of rotatable bonds is 3. The van der Waals surface area contributed by atoms with E-state index in [1.807, 2.05) is 0 Å². The maximum Gasteiger partial charge on any atom is 0.340 e. The number of hydrogen-bond donors (Lipinski definition) is 1. The molecule has 0 spiro atoms. The fraction of sp³-hybridized carbons (Fsp3) is 0.211. The van der Waals surface area contributed by atoms with E-state index in [4.69, 9.17) is 4.74 Å². The largest absolute Gasteiger partial charge is 0.493 e. The number of esters is 1. The van der Waals surface area contributed by atoms with Crippen LogP contribution in [-0.2, 0) is 4.74 Å². The van der Waals surface area contributed by atoms with Crippen molar-refractivity contribution in [1.82, 2.24) is 14.8 Å². The van der Waals surface area contributed by atoms with Crippen molar-refractivity contribution in [2.45, 2.75) is 26.4 Å². The lowest BCUT2D eigenvalue weighted by atomic mass is 10.1. The van der Waals surface area contributed by atoms with Crippen LogP contribution in [0.5, 0.6) is 5.88 Å². The van der Waals surface area contributed by atoms with Gasteiger partial charge in [-0.05, 0) is 50.6 Å². The molecule has 2 aromatic heterocycles. The van der Waals surface area contributed by atoms with E-state index in [1.165, 1.54) is 29.2 Å². The van der Waals surface area contributed by atoms with E-state index in [9.17, 15) is 14.3 Å². The van der Waals surface area contributed by atoms with E-state index in [1.54, 1.807) is 45.0 Å². The van der Waals surface area contributed by atoms with E-state index in [0.717, 1.165) is 0 Å². The number of benzene rings is 1. The van der Waals surface area contributed by atoms with Gasteiger partial charge in [0.05, 0.1) is 17.3 Å². The van der Waals surface area contributed by atoms with Gasteiger partial charge in [0, 0.05) is 6.20 Å². The molecule has 3 aromatic rings. The zero-order chi connectivity index (χ0) is 18.9. The van der Waals surface area contributed by atoms with Crippen molar-refractivity contribution in [2.24, 2.45) is 0 Å². The van der Waals surface area contributed by atoms with Gasteiger partial charge in [0.1, 0.15) is 11.4 Å². The van der Waals surface area contributed by atoms with Gasteiger partial charge < -0.3 is 9.84 Å². The van der Waals surface area contributed by atoms with Crippen molar-refractivity contribution in [1.29, 1.82) is 0 Å². The highest BCUT2D eigenvalue weighted by molar-refractivity contribution is 5.89. The fourth-order valence-electron chi connectivity index (χ4n) is 2.31. The smallest absolute Gasteiger partial charge is 0.340 e. The third-order valence-electron chi connectivity index (χ3n) is 3.50. The van der Waals surface area contributed by atoms with Gasteiger partial charge in [-0.2, -0.15) is 9.78 Å². The first-order chi connectivity index (χ1) is 12.2. The number of carbonyl (C=O) groups is 1. The van der Waals surface area contributed by atoms with Crippen LogP contribution in [0.15, 0.2) is 48.8 Å². The van der Waals surface area contributed by atoms with Crippen molar-refractivity contribution in [3.8, 4) is 22.8 Å². The molecule has 0 bridgehead atoms. The highest BCUT2D eigenvalue weighted by Gasteiger charge is 2.19. The summed E-state index contributed by atoms with van der Waals surface area (Å²) in [5.74, 6) is -0.634. The number of aromatic hydroxyl groups is 1. The van der Waals surface area contributed by atoms with Gasteiger partial charge in [0.15, 0.2) is 5.82 Å². The molecule has 134 valence electrons. The van der Waals surface area contributed by atoms with Gasteiger partial charge in [-0.1, -0.05) is 12.1 Å². The predicted octanol–water partition coefficient (Wildman–Crippen LogP) is 3.73. The summed E-state index contributed by atoms with van der Waals surface area (Å²) in [6, 6.07) is 8.82. The fourth-order valence-corrected chi connectivity index (χ4v) is 2.31. The summed E-state index contributed by atoms with van der Waals surface area (Å²) in [4.78, 5) is 16.2. The number of pyridine rings is 1. The summed E-state index contributed by atoms with van der Waals surface area (Å²) in [5.41, 5.74) is 0.776.